The van der Waals surface area contributed by atoms with Crippen LogP contribution in [0.3, 0.4) is 0 Å². The van der Waals surface area contributed by atoms with Crippen molar-refractivity contribution in [2.75, 3.05) is 66.5 Å². The van der Waals surface area contributed by atoms with Crippen LogP contribution >= 0.6 is 0 Å². The molecule has 7 nitrogen and oxygen atoms in total. The van der Waals surface area contributed by atoms with Gasteiger partial charge >= 0.3 is 0 Å². The van der Waals surface area contributed by atoms with Gasteiger partial charge in [-0.05, 0) is 38.6 Å². The number of guanidine groups is 1. The van der Waals surface area contributed by atoms with Crippen molar-refractivity contribution in [2.24, 2.45) is 16.8 Å². The number of nitrogens with one attached hydrogen (secondary N) is 2. The van der Waals surface area contributed by atoms with E-state index in [1.807, 2.05) is 0 Å². The Bertz CT molecular complexity index is 493. The number of rotatable bonds is 7. The van der Waals surface area contributed by atoms with E-state index in [-0.39, 0.29) is 5.91 Å². The molecule has 0 aromatic heterocycles. The summed E-state index contributed by atoms with van der Waals surface area (Å²) >= 11 is 0. The lowest BCUT2D eigenvalue weighted by molar-refractivity contribution is -0.121. The first kappa shape index (κ1) is 22.9. The highest BCUT2D eigenvalue weighted by molar-refractivity contribution is 5.80. The van der Waals surface area contributed by atoms with Crippen molar-refractivity contribution >= 4 is 11.9 Å². The monoisotopic (exact) mass is 394 g/mol. The van der Waals surface area contributed by atoms with Gasteiger partial charge < -0.3 is 20.4 Å². The molecular weight excluding hydrogens is 352 g/mol. The lowest BCUT2D eigenvalue weighted by Gasteiger charge is -2.39. The van der Waals surface area contributed by atoms with E-state index in [0.717, 1.165) is 71.2 Å². The highest BCUT2D eigenvalue weighted by atomic mass is 16.1. The second-order valence-corrected chi connectivity index (χ2v) is 8.65. The molecule has 2 aliphatic rings. The van der Waals surface area contributed by atoms with Crippen LogP contribution in [0.15, 0.2) is 4.99 Å². The van der Waals surface area contributed by atoms with E-state index in [0.29, 0.717) is 24.3 Å². The summed E-state index contributed by atoms with van der Waals surface area (Å²) in [6.07, 6.45) is 2.77. The van der Waals surface area contributed by atoms with Gasteiger partial charge in [0.2, 0.25) is 5.91 Å². The number of piperidine rings is 1. The summed E-state index contributed by atoms with van der Waals surface area (Å²) < 4.78 is 0. The van der Waals surface area contributed by atoms with Crippen LogP contribution in [0, 0.1) is 11.8 Å². The zero-order valence-electron chi connectivity index (χ0n) is 18.7. The topological polar surface area (TPSA) is 63.2 Å². The molecule has 1 unspecified atom stereocenters. The number of nitrogens with zero attached hydrogens (tertiary/aromatic N) is 4. The third-order valence-electron chi connectivity index (χ3n) is 6.21. The van der Waals surface area contributed by atoms with Gasteiger partial charge in [-0.3, -0.25) is 14.7 Å². The molecule has 28 heavy (non-hydrogen) atoms. The van der Waals surface area contributed by atoms with E-state index in [1.165, 1.54) is 0 Å². The summed E-state index contributed by atoms with van der Waals surface area (Å²) in [6, 6.07) is 0.494. The van der Waals surface area contributed by atoms with Gasteiger partial charge in [0.1, 0.15) is 0 Å². The summed E-state index contributed by atoms with van der Waals surface area (Å²) in [5.41, 5.74) is 0. The Hall–Kier alpha value is -1.34. The Morgan fingerprint density at radius 2 is 1.75 bits per heavy atom. The quantitative estimate of drug-likeness (QED) is 0.500. The summed E-state index contributed by atoms with van der Waals surface area (Å²) in [7, 11) is 3.93. The first-order chi connectivity index (χ1) is 13.4. The third kappa shape index (κ3) is 6.92. The van der Waals surface area contributed by atoms with Crippen molar-refractivity contribution < 1.29 is 4.79 Å². The van der Waals surface area contributed by atoms with Gasteiger partial charge in [-0.15, -0.1) is 0 Å². The molecule has 0 aromatic rings. The van der Waals surface area contributed by atoms with E-state index < -0.39 is 0 Å². The fourth-order valence-electron chi connectivity index (χ4n) is 4.22. The summed E-state index contributed by atoms with van der Waals surface area (Å²) in [6.45, 7) is 15.0. The van der Waals surface area contributed by atoms with Crippen LogP contribution in [-0.4, -0.2) is 99.1 Å². The standard InChI is InChI=1S/C21H42N6O/c1-6-23-21(27-9-7-18(8-10-27)15-20(28)22-4)24-16-19(17(2)3)26-13-11-25(5)12-14-26/h17-19H,6-16H2,1-5H3,(H,22,28)(H,23,24). The molecule has 1 amide bonds. The lowest BCUT2D eigenvalue weighted by atomic mass is 9.93. The minimum Gasteiger partial charge on any atom is -0.359 e. The Morgan fingerprint density at radius 3 is 2.29 bits per heavy atom. The van der Waals surface area contributed by atoms with Crippen molar-refractivity contribution in [3.63, 3.8) is 0 Å². The minimum atomic E-state index is 0.158. The van der Waals surface area contributed by atoms with Gasteiger partial charge in [-0.1, -0.05) is 13.8 Å². The highest BCUT2D eigenvalue weighted by Gasteiger charge is 2.26. The molecule has 0 bridgehead atoms. The largest absolute Gasteiger partial charge is 0.359 e. The lowest BCUT2D eigenvalue weighted by Crippen LogP contribution is -2.52. The van der Waals surface area contributed by atoms with Gasteiger partial charge in [0, 0.05) is 65.3 Å². The van der Waals surface area contributed by atoms with Crippen LogP contribution in [-0.2, 0) is 4.79 Å². The summed E-state index contributed by atoms with van der Waals surface area (Å²) in [5.74, 6) is 2.28. The van der Waals surface area contributed by atoms with Crippen LogP contribution in [0.5, 0.6) is 0 Å². The van der Waals surface area contributed by atoms with E-state index in [4.69, 9.17) is 4.99 Å². The van der Waals surface area contributed by atoms with Crippen molar-refractivity contribution in [3.8, 4) is 0 Å². The molecule has 0 spiro atoms. The van der Waals surface area contributed by atoms with Crippen molar-refractivity contribution in [3.05, 3.63) is 0 Å². The Balaban J connectivity index is 1.94. The minimum absolute atomic E-state index is 0.158. The zero-order chi connectivity index (χ0) is 20.5. The summed E-state index contributed by atoms with van der Waals surface area (Å²) in [5, 5.41) is 6.24. The number of hydrogen-bond acceptors (Lipinski definition) is 4. The molecule has 2 fully saturated rings. The van der Waals surface area contributed by atoms with Crippen LogP contribution in [0.2, 0.25) is 0 Å². The number of amides is 1. The molecular formula is C21H42N6O. The van der Waals surface area contributed by atoms with Crippen LogP contribution < -0.4 is 10.6 Å². The molecule has 2 aliphatic heterocycles. The Labute approximate surface area is 171 Å². The fourth-order valence-corrected chi connectivity index (χ4v) is 4.22. The first-order valence-electron chi connectivity index (χ1n) is 11.1. The Morgan fingerprint density at radius 1 is 1.11 bits per heavy atom. The SMILES string of the molecule is CCNC(=NCC(C(C)C)N1CCN(C)CC1)N1CCC(CC(=O)NC)CC1. The van der Waals surface area contributed by atoms with Crippen LogP contribution in [0.25, 0.3) is 0 Å². The summed E-state index contributed by atoms with van der Waals surface area (Å²) in [4.78, 5) is 24.1. The van der Waals surface area contributed by atoms with Crippen molar-refractivity contribution in [1.29, 1.82) is 0 Å². The average molecular weight is 395 g/mol. The third-order valence-corrected chi connectivity index (χ3v) is 6.21. The van der Waals surface area contributed by atoms with Gasteiger partial charge in [0.25, 0.3) is 0 Å². The molecule has 0 saturated carbocycles. The molecule has 0 aliphatic carbocycles. The number of carbonyl (C=O) groups is 1. The molecule has 2 heterocycles. The number of likely N-dealkylation sites (N-methyl/N-ethyl adjacent to an activating group) is 1. The molecule has 162 valence electrons. The molecule has 7 heteroatoms. The maximum atomic E-state index is 11.6. The molecule has 0 radical (unpaired) electrons. The zero-order valence-corrected chi connectivity index (χ0v) is 18.7. The molecule has 2 rings (SSSR count). The predicted molar refractivity (Wildman–Crippen MR) is 117 cm³/mol. The average Bonchev–Trinajstić information content (AvgIpc) is 2.69. The second-order valence-electron chi connectivity index (χ2n) is 8.65. The molecule has 2 N–H and O–H groups in total. The number of piperazine rings is 1. The molecule has 2 saturated heterocycles. The predicted octanol–water partition coefficient (Wildman–Crippen LogP) is 1.07. The van der Waals surface area contributed by atoms with Gasteiger partial charge in [-0.2, -0.15) is 0 Å². The van der Waals surface area contributed by atoms with Crippen LogP contribution in [0.4, 0.5) is 0 Å². The van der Waals surface area contributed by atoms with E-state index in [9.17, 15) is 4.79 Å². The van der Waals surface area contributed by atoms with E-state index in [1.54, 1.807) is 7.05 Å². The maximum Gasteiger partial charge on any atom is 0.220 e. The normalized spacial score (nSPS) is 21.8. The highest BCUT2D eigenvalue weighted by Crippen LogP contribution is 2.21. The number of likely N-dealkylation sites (tertiary alicyclic amines) is 1. The number of hydrogen-bond donors (Lipinski definition) is 2. The van der Waals surface area contributed by atoms with E-state index in [2.05, 4.69) is 53.2 Å². The van der Waals surface area contributed by atoms with Crippen molar-refractivity contribution in [1.82, 2.24) is 25.3 Å². The number of carbonyl (C=O) groups excluding carboxylic acids is 1. The van der Waals surface area contributed by atoms with Crippen LogP contribution in [0.1, 0.15) is 40.0 Å². The fraction of sp³-hybridized carbons (Fsp3) is 0.905. The second kappa shape index (κ2) is 11.6. The molecule has 0 aromatic carbocycles. The van der Waals surface area contributed by atoms with Gasteiger partial charge in [0.15, 0.2) is 5.96 Å². The first-order valence-corrected chi connectivity index (χ1v) is 11.1. The van der Waals surface area contributed by atoms with Gasteiger partial charge in [0.05, 0.1) is 6.54 Å². The Kier molecular flexibility index (Phi) is 9.51. The number of aliphatic imine (C=N–C) groups is 1. The van der Waals surface area contributed by atoms with E-state index >= 15 is 0 Å². The van der Waals surface area contributed by atoms with Gasteiger partial charge in [-0.25, -0.2) is 0 Å². The maximum absolute atomic E-state index is 11.6. The smallest absolute Gasteiger partial charge is 0.220 e. The van der Waals surface area contributed by atoms with Crippen molar-refractivity contribution in [2.45, 2.75) is 46.1 Å². The molecule has 1 atom stereocenters.